The van der Waals surface area contributed by atoms with Gasteiger partial charge in [-0.3, -0.25) is 4.79 Å². The first-order chi connectivity index (χ1) is 16.2. The van der Waals surface area contributed by atoms with Crippen molar-refractivity contribution < 1.29 is 19.1 Å². The van der Waals surface area contributed by atoms with E-state index in [2.05, 4.69) is 39.7 Å². The minimum absolute atomic E-state index is 0.0853. The lowest BCUT2D eigenvalue weighted by Crippen LogP contribution is -2.31. The second kappa shape index (κ2) is 11.2. The van der Waals surface area contributed by atoms with E-state index in [0.29, 0.717) is 38.0 Å². The van der Waals surface area contributed by atoms with E-state index in [1.807, 2.05) is 37.3 Å². The van der Waals surface area contributed by atoms with Gasteiger partial charge in [-0.25, -0.2) is 4.98 Å². The first-order valence-corrected chi connectivity index (χ1v) is 10.9. The number of fused-ring (bicyclic) bond motifs is 1. The predicted octanol–water partition coefficient (Wildman–Crippen LogP) is 4.02. The number of ether oxygens (including phenoxy) is 2. The number of benzene rings is 2. The number of rotatable bonds is 9. The average Bonchev–Trinajstić information content (AvgIpc) is 2.87. The molecule has 1 aliphatic rings. The molecular weight excluding hydrogens is 418 g/mol. The lowest BCUT2D eigenvalue weighted by Gasteiger charge is -2.14. The summed E-state index contributed by atoms with van der Waals surface area (Å²) >= 11 is 0. The number of hydrogen-bond donors (Lipinski definition) is 1. The van der Waals surface area contributed by atoms with E-state index in [1.165, 1.54) is 16.3 Å². The summed E-state index contributed by atoms with van der Waals surface area (Å²) in [6, 6.07) is 18.0. The fourth-order valence-corrected chi connectivity index (χ4v) is 3.39. The van der Waals surface area contributed by atoms with Gasteiger partial charge in [-0.05, 0) is 41.8 Å². The molecule has 2 heterocycles. The highest BCUT2D eigenvalue weighted by atomic mass is 16.6. The van der Waals surface area contributed by atoms with Crippen LogP contribution in [0, 0.1) is 0 Å². The van der Waals surface area contributed by atoms with Crippen LogP contribution in [0.25, 0.3) is 10.8 Å². The average molecular weight is 446 g/mol. The Morgan fingerprint density at radius 2 is 2.03 bits per heavy atom. The van der Waals surface area contributed by atoms with Crippen LogP contribution in [-0.4, -0.2) is 43.0 Å². The van der Waals surface area contributed by atoms with Gasteiger partial charge in [0.15, 0.2) is 6.61 Å². The molecule has 0 bridgehead atoms. The first-order valence-electron chi connectivity index (χ1n) is 10.9. The molecule has 7 nitrogen and oxygen atoms in total. The summed E-state index contributed by atoms with van der Waals surface area (Å²) in [5, 5.41) is 9.42. The predicted molar refractivity (Wildman–Crippen MR) is 127 cm³/mol. The Hall–Kier alpha value is -3.71. The van der Waals surface area contributed by atoms with E-state index in [1.54, 1.807) is 12.3 Å². The number of carbonyl (C=O) groups excluding carboxylic acids is 1. The molecule has 1 N–H and O–H groups in total. The summed E-state index contributed by atoms with van der Waals surface area (Å²) in [4.78, 5) is 21.8. The maximum atomic E-state index is 12.0. The van der Waals surface area contributed by atoms with Gasteiger partial charge in [0.05, 0.1) is 18.9 Å². The molecule has 0 aliphatic carbocycles. The molecule has 170 valence electrons. The summed E-state index contributed by atoms with van der Waals surface area (Å²) in [7, 11) is 0. The van der Waals surface area contributed by atoms with Gasteiger partial charge in [-0.15, -0.1) is 0 Å². The minimum Gasteiger partial charge on any atom is -0.468 e. The zero-order valence-corrected chi connectivity index (χ0v) is 18.6. The smallest absolute Gasteiger partial charge is 0.258 e. The lowest BCUT2D eigenvalue weighted by atomic mass is 10.1. The third-order valence-corrected chi connectivity index (χ3v) is 5.32. The van der Waals surface area contributed by atoms with Gasteiger partial charge in [0.25, 0.3) is 5.91 Å². The Balaban J connectivity index is 1.23. The molecule has 0 unspecified atom stereocenters. The van der Waals surface area contributed by atoms with Crippen molar-refractivity contribution in [1.29, 1.82) is 0 Å². The van der Waals surface area contributed by atoms with Crippen molar-refractivity contribution in [3.8, 4) is 5.88 Å². The summed E-state index contributed by atoms with van der Waals surface area (Å²) in [6.07, 6.45) is 4.50. The number of aromatic nitrogens is 1. The summed E-state index contributed by atoms with van der Waals surface area (Å²) in [5.74, 6) is 0.192. The van der Waals surface area contributed by atoms with Crippen LogP contribution in [0.2, 0.25) is 0 Å². The first kappa shape index (κ1) is 22.5. The van der Waals surface area contributed by atoms with E-state index < -0.39 is 0 Å². The number of nitrogens with one attached hydrogen (secondary N) is 1. The molecule has 3 aromatic rings. The largest absolute Gasteiger partial charge is 0.468 e. The van der Waals surface area contributed by atoms with Crippen LogP contribution in [0.15, 0.2) is 77.6 Å². The summed E-state index contributed by atoms with van der Waals surface area (Å²) < 4.78 is 10.7. The number of pyridine rings is 1. The van der Waals surface area contributed by atoms with Crippen LogP contribution in [0.1, 0.15) is 24.5 Å². The number of amides is 1. The number of oxime groups is 1. The molecule has 1 aliphatic heterocycles. The van der Waals surface area contributed by atoms with Crippen LogP contribution < -0.4 is 10.1 Å². The lowest BCUT2D eigenvalue weighted by molar-refractivity contribution is -0.123. The zero-order chi connectivity index (χ0) is 22.9. The molecule has 0 saturated heterocycles. The molecule has 0 fully saturated rings. The molecule has 0 saturated carbocycles. The zero-order valence-electron chi connectivity index (χ0n) is 18.6. The molecule has 0 radical (unpaired) electrons. The van der Waals surface area contributed by atoms with Crippen LogP contribution in [0.4, 0.5) is 0 Å². The fraction of sp³-hybridized carbons (Fsp3) is 0.269. The van der Waals surface area contributed by atoms with Crippen LogP contribution in [0.5, 0.6) is 5.88 Å². The molecular formula is C26H27N3O4. The molecule has 1 amide bonds. The third kappa shape index (κ3) is 6.63. The summed E-state index contributed by atoms with van der Waals surface area (Å²) in [6.45, 7) is 3.98. The normalized spacial score (nSPS) is 14.0. The molecule has 0 spiro atoms. The minimum atomic E-state index is -0.187. The van der Waals surface area contributed by atoms with Gasteiger partial charge < -0.3 is 19.6 Å². The van der Waals surface area contributed by atoms with E-state index >= 15 is 0 Å². The van der Waals surface area contributed by atoms with Crippen molar-refractivity contribution in [3.63, 3.8) is 0 Å². The molecule has 2 aromatic carbocycles. The molecule has 0 atom stereocenters. The topological polar surface area (TPSA) is 82.0 Å². The van der Waals surface area contributed by atoms with Crippen molar-refractivity contribution in [2.24, 2.45) is 5.16 Å². The quantitative estimate of drug-likeness (QED) is 0.306. The second-order valence-corrected chi connectivity index (χ2v) is 7.77. The van der Waals surface area contributed by atoms with Crippen LogP contribution >= 0.6 is 0 Å². The summed E-state index contributed by atoms with van der Waals surface area (Å²) in [5.41, 5.74) is 3.75. The highest BCUT2D eigenvalue weighted by Gasteiger charge is 2.08. The Morgan fingerprint density at radius 3 is 2.82 bits per heavy atom. The second-order valence-electron chi connectivity index (χ2n) is 7.77. The van der Waals surface area contributed by atoms with E-state index in [0.717, 1.165) is 17.5 Å². The molecule has 1 aromatic heterocycles. The Bertz CT molecular complexity index is 1160. The highest BCUT2D eigenvalue weighted by molar-refractivity contribution is 5.98. The van der Waals surface area contributed by atoms with Crippen molar-refractivity contribution in [1.82, 2.24) is 10.3 Å². The fourth-order valence-electron chi connectivity index (χ4n) is 3.39. The molecule has 33 heavy (non-hydrogen) atoms. The van der Waals surface area contributed by atoms with E-state index in [-0.39, 0.29) is 12.5 Å². The number of carbonyl (C=O) groups is 1. The van der Waals surface area contributed by atoms with Crippen molar-refractivity contribution in [2.45, 2.75) is 20.0 Å². The maximum absolute atomic E-state index is 12.0. The Kier molecular flexibility index (Phi) is 7.66. The maximum Gasteiger partial charge on any atom is 0.258 e. The van der Waals surface area contributed by atoms with Crippen molar-refractivity contribution >= 4 is 22.4 Å². The van der Waals surface area contributed by atoms with E-state index in [4.69, 9.17) is 14.3 Å². The van der Waals surface area contributed by atoms with Crippen molar-refractivity contribution in [3.05, 3.63) is 83.6 Å². The molecule has 4 rings (SSSR count). The van der Waals surface area contributed by atoms with Crippen LogP contribution in [0.3, 0.4) is 0 Å². The van der Waals surface area contributed by atoms with Gasteiger partial charge in [-0.1, -0.05) is 53.2 Å². The van der Waals surface area contributed by atoms with Crippen molar-refractivity contribution in [2.75, 3.05) is 26.4 Å². The third-order valence-electron chi connectivity index (χ3n) is 5.32. The van der Waals surface area contributed by atoms with E-state index in [9.17, 15) is 4.79 Å². The van der Waals surface area contributed by atoms with Gasteiger partial charge in [0, 0.05) is 24.4 Å². The van der Waals surface area contributed by atoms with Gasteiger partial charge >= 0.3 is 0 Å². The Labute approximate surface area is 193 Å². The Morgan fingerprint density at radius 1 is 1.15 bits per heavy atom. The monoisotopic (exact) mass is 445 g/mol. The van der Waals surface area contributed by atoms with Crippen LogP contribution in [-0.2, 0) is 21.0 Å². The highest BCUT2D eigenvalue weighted by Crippen LogP contribution is 2.16. The van der Waals surface area contributed by atoms with Gasteiger partial charge in [0.1, 0.15) is 6.61 Å². The standard InChI is InChI=1S/C26H27N3O4/c1-19(29-33-17-21-6-7-22-4-2-3-5-23(22)14-21)24-8-9-26(28-16-24)32-18-25(30)27-15-20-10-12-31-13-11-20/h2-10,14,16H,11-13,15,17-18H2,1H3,(H,27,30)/b29-19-. The van der Waals surface area contributed by atoms with Gasteiger partial charge in [0.2, 0.25) is 5.88 Å². The molecule has 7 heteroatoms. The SMILES string of the molecule is C/C(=N/OCc1ccc2ccccc2c1)c1ccc(OCC(=O)NCC2=CCOCC2)nc1. The number of nitrogens with zero attached hydrogens (tertiary/aromatic N) is 2. The number of hydrogen-bond acceptors (Lipinski definition) is 6. The van der Waals surface area contributed by atoms with Gasteiger partial charge in [-0.2, -0.15) is 0 Å².